The molecule has 2 heterocycles. The molecule has 1 aromatic heterocycles. The fourth-order valence-corrected chi connectivity index (χ4v) is 4.38. The Morgan fingerprint density at radius 1 is 1.17 bits per heavy atom. The minimum Gasteiger partial charge on any atom is -0.497 e. The molecule has 2 N–H and O–H groups in total. The molecule has 4 rings (SSSR count). The number of anilines is 1. The van der Waals surface area contributed by atoms with Crippen LogP contribution in [0.1, 0.15) is 30.8 Å². The van der Waals surface area contributed by atoms with Crippen molar-refractivity contribution >= 4 is 23.4 Å². The number of benzene rings is 2. The zero-order chi connectivity index (χ0) is 20.2. The molecule has 0 aliphatic carbocycles. The molecule has 7 nitrogen and oxygen atoms in total. The van der Waals surface area contributed by atoms with Gasteiger partial charge in [-0.25, -0.2) is 4.68 Å². The Labute approximate surface area is 173 Å². The number of thioether (sulfide) groups is 1. The predicted octanol–water partition coefficient (Wildman–Crippen LogP) is 3.64. The topological polar surface area (TPSA) is 81.1 Å². The molecule has 2 atom stereocenters. The molecule has 0 unspecified atom stereocenters. The van der Waals surface area contributed by atoms with E-state index in [0.29, 0.717) is 5.16 Å². The van der Waals surface area contributed by atoms with Crippen LogP contribution in [0.5, 0.6) is 5.75 Å². The maximum absolute atomic E-state index is 13.2. The number of ether oxygens (including phenoxy) is 1. The molecular weight excluding hydrogens is 386 g/mol. The van der Waals surface area contributed by atoms with Gasteiger partial charge in [0.1, 0.15) is 11.0 Å². The van der Waals surface area contributed by atoms with E-state index in [0.717, 1.165) is 35.7 Å². The van der Waals surface area contributed by atoms with E-state index in [1.54, 1.807) is 7.11 Å². The Kier molecular flexibility index (Phi) is 5.71. The largest absolute Gasteiger partial charge is 0.497 e. The monoisotopic (exact) mass is 409 g/mol. The predicted molar refractivity (Wildman–Crippen MR) is 114 cm³/mol. The molecule has 0 saturated carbocycles. The Morgan fingerprint density at radius 2 is 1.93 bits per heavy atom. The van der Waals surface area contributed by atoms with Crippen molar-refractivity contribution in [3.8, 4) is 5.75 Å². The van der Waals surface area contributed by atoms with Gasteiger partial charge < -0.3 is 15.5 Å². The lowest BCUT2D eigenvalue weighted by Crippen LogP contribution is -2.41. The van der Waals surface area contributed by atoms with Gasteiger partial charge in [-0.3, -0.25) is 4.79 Å². The maximum Gasteiger partial charge on any atom is 0.240 e. The standard InChI is InChI=1S/C21H23N5O2S/c1-3-7-17-23-24-21-26(17)25-18(14-10-12-16(28-2)13-11-14)19(29-21)20(27)22-15-8-5-4-6-9-15/h4-6,8-13,18-19,25H,3,7H2,1-2H3,(H,22,27)/t18-,19-/m0/s1. The van der Waals surface area contributed by atoms with Gasteiger partial charge in [-0.15, -0.1) is 10.2 Å². The Morgan fingerprint density at radius 3 is 2.62 bits per heavy atom. The van der Waals surface area contributed by atoms with Crippen molar-refractivity contribution in [2.45, 2.75) is 36.2 Å². The number of nitrogens with one attached hydrogen (secondary N) is 2. The van der Waals surface area contributed by atoms with Crippen molar-refractivity contribution in [2.24, 2.45) is 0 Å². The third-order valence-corrected chi connectivity index (χ3v) is 5.97. The molecule has 0 saturated heterocycles. The van der Waals surface area contributed by atoms with E-state index in [1.807, 2.05) is 59.3 Å². The maximum atomic E-state index is 13.2. The normalized spacial score (nSPS) is 17.9. The second-order valence-corrected chi connectivity index (χ2v) is 7.87. The van der Waals surface area contributed by atoms with Gasteiger partial charge in [-0.05, 0) is 36.2 Å². The minimum absolute atomic E-state index is 0.0826. The molecule has 29 heavy (non-hydrogen) atoms. The molecule has 0 bridgehead atoms. The second kappa shape index (κ2) is 8.57. The minimum atomic E-state index is -0.408. The summed E-state index contributed by atoms with van der Waals surface area (Å²) in [4.78, 5) is 13.2. The number of hydrogen-bond acceptors (Lipinski definition) is 6. The molecule has 1 aliphatic rings. The molecule has 1 aliphatic heterocycles. The lowest BCUT2D eigenvalue weighted by molar-refractivity contribution is -0.116. The summed E-state index contributed by atoms with van der Waals surface area (Å²) in [7, 11) is 1.64. The van der Waals surface area contributed by atoms with E-state index in [1.165, 1.54) is 11.8 Å². The number of para-hydroxylation sites is 1. The van der Waals surface area contributed by atoms with Crippen LogP contribution in [0, 0.1) is 0 Å². The van der Waals surface area contributed by atoms with E-state index >= 15 is 0 Å². The molecule has 2 aromatic carbocycles. The summed E-state index contributed by atoms with van der Waals surface area (Å²) in [5.74, 6) is 1.57. The summed E-state index contributed by atoms with van der Waals surface area (Å²) in [5.41, 5.74) is 5.23. The van der Waals surface area contributed by atoms with Gasteiger partial charge >= 0.3 is 0 Å². The molecule has 3 aromatic rings. The third kappa shape index (κ3) is 4.07. The molecule has 8 heteroatoms. The number of nitrogens with zero attached hydrogens (tertiary/aromatic N) is 3. The highest BCUT2D eigenvalue weighted by Gasteiger charge is 2.37. The van der Waals surface area contributed by atoms with Crippen LogP contribution >= 0.6 is 11.8 Å². The Balaban J connectivity index is 1.66. The van der Waals surface area contributed by atoms with Crippen LogP contribution in [0.25, 0.3) is 0 Å². The average Bonchev–Trinajstić information content (AvgIpc) is 3.16. The average molecular weight is 410 g/mol. The fourth-order valence-electron chi connectivity index (χ4n) is 3.28. The van der Waals surface area contributed by atoms with Crippen LogP contribution in [0.3, 0.4) is 0 Å². The summed E-state index contributed by atoms with van der Waals surface area (Å²) in [6.45, 7) is 2.11. The van der Waals surface area contributed by atoms with Gasteiger partial charge in [0.05, 0.1) is 13.2 Å². The first-order chi connectivity index (χ1) is 14.2. The molecule has 0 radical (unpaired) electrons. The van der Waals surface area contributed by atoms with Crippen LogP contribution in [0.4, 0.5) is 5.69 Å². The van der Waals surface area contributed by atoms with E-state index < -0.39 is 5.25 Å². The molecule has 0 fully saturated rings. The summed E-state index contributed by atoms with van der Waals surface area (Å²) < 4.78 is 7.19. The van der Waals surface area contributed by atoms with E-state index in [2.05, 4.69) is 27.9 Å². The molecule has 0 spiro atoms. The fraction of sp³-hybridized carbons (Fsp3) is 0.286. The summed E-state index contributed by atoms with van der Waals surface area (Å²) in [5, 5.41) is 11.9. The van der Waals surface area contributed by atoms with Crippen molar-refractivity contribution in [1.82, 2.24) is 14.9 Å². The van der Waals surface area contributed by atoms with E-state index in [4.69, 9.17) is 4.74 Å². The van der Waals surface area contributed by atoms with Gasteiger partial charge in [0.2, 0.25) is 11.1 Å². The van der Waals surface area contributed by atoms with Crippen LogP contribution in [-0.2, 0) is 11.2 Å². The molecule has 1 amide bonds. The number of fused-ring (bicyclic) bond motifs is 1. The zero-order valence-corrected chi connectivity index (χ0v) is 17.1. The first-order valence-corrected chi connectivity index (χ1v) is 10.4. The van der Waals surface area contributed by atoms with E-state index in [9.17, 15) is 4.79 Å². The highest BCUT2D eigenvalue weighted by atomic mass is 32.2. The van der Waals surface area contributed by atoms with Crippen LogP contribution < -0.4 is 15.5 Å². The van der Waals surface area contributed by atoms with Gasteiger partial charge in [0.25, 0.3) is 0 Å². The van der Waals surface area contributed by atoms with Crippen molar-refractivity contribution in [3.05, 3.63) is 66.0 Å². The van der Waals surface area contributed by atoms with Gasteiger partial charge in [0, 0.05) is 12.1 Å². The smallest absolute Gasteiger partial charge is 0.240 e. The molecule has 150 valence electrons. The zero-order valence-electron chi connectivity index (χ0n) is 16.3. The number of aryl methyl sites for hydroxylation is 1. The van der Waals surface area contributed by atoms with Crippen LogP contribution in [0.2, 0.25) is 0 Å². The van der Waals surface area contributed by atoms with Gasteiger partial charge in [-0.2, -0.15) is 0 Å². The Bertz CT molecular complexity index is 974. The highest BCUT2D eigenvalue weighted by Crippen LogP contribution is 2.38. The number of carbonyl (C=O) groups is 1. The van der Waals surface area contributed by atoms with Gasteiger partial charge in [-0.1, -0.05) is 49.0 Å². The second-order valence-electron chi connectivity index (χ2n) is 6.76. The summed E-state index contributed by atoms with van der Waals surface area (Å²) >= 11 is 1.43. The number of amides is 1. The quantitative estimate of drug-likeness (QED) is 0.647. The first kappa shape index (κ1) is 19.3. The van der Waals surface area contributed by atoms with Crippen LogP contribution in [-0.4, -0.2) is 33.1 Å². The SMILES string of the molecule is CCCc1nnc2n1N[C@@H](c1ccc(OC)cc1)[C@@H](C(=O)Nc1ccccc1)S2. The molecular formula is C21H23N5O2S. The Hall–Kier alpha value is -3.00. The van der Waals surface area contributed by atoms with Crippen molar-refractivity contribution < 1.29 is 9.53 Å². The lowest BCUT2D eigenvalue weighted by Gasteiger charge is -2.33. The number of rotatable bonds is 6. The van der Waals surface area contributed by atoms with Crippen LogP contribution in [0.15, 0.2) is 59.8 Å². The number of carbonyl (C=O) groups excluding carboxylic acids is 1. The van der Waals surface area contributed by atoms with Crippen molar-refractivity contribution in [1.29, 1.82) is 0 Å². The van der Waals surface area contributed by atoms with Crippen molar-refractivity contribution in [3.63, 3.8) is 0 Å². The number of methoxy groups -OCH3 is 1. The first-order valence-electron chi connectivity index (χ1n) is 9.57. The third-order valence-electron chi connectivity index (χ3n) is 4.75. The number of aromatic nitrogens is 3. The summed E-state index contributed by atoms with van der Waals surface area (Å²) in [6, 6.07) is 17.0. The van der Waals surface area contributed by atoms with E-state index in [-0.39, 0.29) is 11.9 Å². The number of hydrogen-bond donors (Lipinski definition) is 2. The highest BCUT2D eigenvalue weighted by molar-refractivity contribution is 8.00. The van der Waals surface area contributed by atoms with Gasteiger partial charge in [0.15, 0.2) is 5.82 Å². The summed E-state index contributed by atoms with van der Waals surface area (Å²) in [6.07, 6.45) is 1.78. The lowest BCUT2D eigenvalue weighted by atomic mass is 10.0. The van der Waals surface area contributed by atoms with Crippen molar-refractivity contribution in [2.75, 3.05) is 17.9 Å².